The summed E-state index contributed by atoms with van der Waals surface area (Å²) in [6.45, 7) is 4.81. The van der Waals surface area contributed by atoms with Crippen LogP contribution in [0.3, 0.4) is 0 Å². The van der Waals surface area contributed by atoms with E-state index in [9.17, 15) is 27.9 Å². The summed E-state index contributed by atoms with van der Waals surface area (Å²) >= 11 is 0. The minimum atomic E-state index is -5.03. The van der Waals surface area contributed by atoms with Gasteiger partial charge in [-0.3, -0.25) is 9.36 Å². The highest BCUT2D eigenvalue weighted by molar-refractivity contribution is 5.89. The van der Waals surface area contributed by atoms with Crippen LogP contribution in [-0.2, 0) is 16.1 Å². The lowest BCUT2D eigenvalue weighted by Gasteiger charge is -2.20. The third kappa shape index (κ3) is 6.88. The maximum atomic E-state index is 12.9. The Morgan fingerprint density at radius 1 is 1.06 bits per heavy atom. The van der Waals surface area contributed by atoms with Crippen molar-refractivity contribution in [3.8, 4) is 11.3 Å². The van der Waals surface area contributed by atoms with Gasteiger partial charge in [0.05, 0.1) is 11.3 Å². The highest BCUT2D eigenvalue weighted by atomic mass is 19.4. The zero-order valence-corrected chi connectivity index (χ0v) is 16.8. The van der Waals surface area contributed by atoms with Gasteiger partial charge in [-0.1, -0.05) is 24.3 Å². The van der Waals surface area contributed by atoms with Gasteiger partial charge in [0, 0.05) is 30.7 Å². The Morgan fingerprint density at radius 2 is 1.68 bits per heavy atom. The molecule has 0 aliphatic carbocycles. The standard InChI is InChI=1S/C20H19F3N2O4.CH2O/c1-13(18(27)28)10-24(11-14(2)26)12-15-6-3-4-7-16(15)17-8-5-9-25(17)19(29)20(21,22)23;1-2/h3-11,26H,12H2,1-2H3,(H,27,28);1H2/b13-10+,14-11+;. The summed E-state index contributed by atoms with van der Waals surface area (Å²) in [6, 6.07) is 9.20. The average molecular weight is 438 g/mol. The molecule has 2 N–H and O–H groups in total. The molecule has 0 fully saturated rings. The number of aliphatic hydroxyl groups is 1. The first-order chi connectivity index (χ1) is 14.5. The number of halogens is 3. The molecule has 0 atom stereocenters. The molecule has 0 aliphatic rings. The highest BCUT2D eigenvalue weighted by Gasteiger charge is 2.40. The number of hydrogen-bond donors (Lipinski definition) is 2. The molecule has 1 aromatic carbocycles. The molecular formula is C21H21F3N2O5. The van der Waals surface area contributed by atoms with E-state index in [1.54, 1.807) is 24.3 Å². The fraction of sp³-hybridized carbons (Fsp3) is 0.190. The fourth-order valence-electron chi connectivity index (χ4n) is 2.69. The lowest BCUT2D eigenvalue weighted by Crippen LogP contribution is -2.29. The van der Waals surface area contributed by atoms with Crippen molar-refractivity contribution in [3.63, 3.8) is 0 Å². The molecule has 2 rings (SSSR count). The van der Waals surface area contributed by atoms with E-state index in [2.05, 4.69) is 0 Å². The molecule has 0 radical (unpaired) electrons. The van der Waals surface area contributed by atoms with Gasteiger partial charge in [-0.05, 0) is 31.5 Å². The first-order valence-corrected chi connectivity index (χ1v) is 8.71. The van der Waals surface area contributed by atoms with Gasteiger partial charge in [0.25, 0.3) is 0 Å². The van der Waals surface area contributed by atoms with Gasteiger partial charge < -0.3 is 19.9 Å². The molecule has 31 heavy (non-hydrogen) atoms. The van der Waals surface area contributed by atoms with Crippen LogP contribution < -0.4 is 0 Å². The van der Waals surface area contributed by atoms with E-state index in [0.29, 0.717) is 15.7 Å². The molecule has 166 valence electrons. The van der Waals surface area contributed by atoms with E-state index in [1.165, 1.54) is 43.3 Å². The number of nitrogens with zero attached hydrogens (tertiary/aromatic N) is 2. The normalized spacial score (nSPS) is 12.0. The van der Waals surface area contributed by atoms with Gasteiger partial charge in [-0.25, -0.2) is 4.79 Å². The minimum absolute atomic E-state index is 0.00407. The number of benzene rings is 1. The van der Waals surface area contributed by atoms with Gasteiger partial charge in [-0.2, -0.15) is 13.2 Å². The molecule has 0 saturated carbocycles. The molecule has 2 aromatic rings. The Balaban J connectivity index is 0.00000233. The second-order valence-electron chi connectivity index (χ2n) is 6.28. The van der Waals surface area contributed by atoms with Crippen LogP contribution in [0.1, 0.15) is 24.2 Å². The summed E-state index contributed by atoms with van der Waals surface area (Å²) in [5, 5.41) is 18.7. The SMILES string of the molecule is C/C(O)=C\N(/C=C(\C)C(=O)O)Cc1ccccc1-c1cccn1C(=O)C(F)(F)F.C=O. The Kier molecular flexibility index (Phi) is 8.80. The Hall–Kier alpha value is -3.82. The van der Waals surface area contributed by atoms with E-state index < -0.39 is 18.1 Å². The van der Waals surface area contributed by atoms with Crippen molar-refractivity contribution in [1.82, 2.24) is 9.47 Å². The predicted molar refractivity (Wildman–Crippen MR) is 107 cm³/mol. The van der Waals surface area contributed by atoms with E-state index >= 15 is 0 Å². The Bertz CT molecular complexity index is 989. The molecule has 7 nitrogen and oxygen atoms in total. The number of aromatic nitrogens is 1. The third-order valence-electron chi connectivity index (χ3n) is 3.91. The van der Waals surface area contributed by atoms with Gasteiger partial charge in [0.1, 0.15) is 12.5 Å². The second kappa shape index (κ2) is 10.8. The van der Waals surface area contributed by atoms with Crippen molar-refractivity contribution in [3.05, 3.63) is 71.9 Å². The molecule has 1 aromatic heterocycles. The van der Waals surface area contributed by atoms with E-state index in [1.807, 2.05) is 6.79 Å². The quantitative estimate of drug-likeness (QED) is 0.513. The van der Waals surface area contributed by atoms with Crippen LogP contribution in [0.25, 0.3) is 11.3 Å². The second-order valence-corrected chi connectivity index (χ2v) is 6.28. The van der Waals surface area contributed by atoms with Crippen LogP contribution in [0, 0.1) is 0 Å². The Labute approximate surface area is 176 Å². The zero-order valence-electron chi connectivity index (χ0n) is 16.8. The number of rotatable bonds is 6. The van der Waals surface area contributed by atoms with Crippen LogP contribution in [0.5, 0.6) is 0 Å². The first kappa shape index (κ1) is 25.2. The van der Waals surface area contributed by atoms with E-state index in [4.69, 9.17) is 9.90 Å². The number of carbonyl (C=O) groups is 3. The summed E-state index contributed by atoms with van der Waals surface area (Å²) in [7, 11) is 0. The van der Waals surface area contributed by atoms with Crippen molar-refractivity contribution >= 4 is 18.7 Å². The van der Waals surface area contributed by atoms with Gasteiger partial charge in [-0.15, -0.1) is 0 Å². The van der Waals surface area contributed by atoms with Crippen LogP contribution in [0.15, 0.2) is 66.3 Å². The molecule has 0 spiro atoms. The minimum Gasteiger partial charge on any atom is -0.511 e. The van der Waals surface area contributed by atoms with Crippen molar-refractivity contribution in [1.29, 1.82) is 0 Å². The number of aliphatic hydroxyl groups excluding tert-OH is 1. The van der Waals surface area contributed by atoms with Crippen LogP contribution in [-0.4, -0.2) is 44.5 Å². The molecule has 1 heterocycles. The van der Waals surface area contributed by atoms with Crippen molar-refractivity contribution in [2.24, 2.45) is 0 Å². The molecular weight excluding hydrogens is 417 g/mol. The van der Waals surface area contributed by atoms with Gasteiger partial charge in [0.2, 0.25) is 0 Å². The van der Waals surface area contributed by atoms with E-state index in [0.717, 1.165) is 6.20 Å². The Morgan fingerprint density at radius 3 is 2.23 bits per heavy atom. The summed E-state index contributed by atoms with van der Waals surface area (Å²) in [5.41, 5.74) is 0.932. The topological polar surface area (TPSA) is 99.8 Å². The van der Waals surface area contributed by atoms with Crippen molar-refractivity contribution < 1.29 is 37.8 Å². The third-order valence-corrected chi connectivity index (χ3v) is 3.91. The molecule has 0 unspecified atom stereocenters. The number of hydrogen-bond acceptors (Lipinski definition) is 5. The first-order valence-electron chi connectivity index (χ1n) is 8.71. The van der Waals surface area contributed by atoms with Crippen LogP contribution >= 0.6 is 0 Å². The number of allylic oxidation sites excluding steroid dienone is 1. The highest BCUT2D eigenvalue weighted by Crippen LogP contribution is 2.28. The summed E-state index contributed by atoms with van der Waals surface area (Å²) < 4.78 is 39.2. The number of carboxylic acids is 1. The number of carboxylic acid groups (broad SMARTS) is 1. The molecule has 0 amide bonds. The number of carbonyl (C=O) groups excluding carboxylic acids is 2. The lowest BCUT2D eigenvalue weighted by atomic mass is 10.0. The van der Waals surface area contributed by atoms with Crippen LogP contribution in [0.4, 0.5) is 13.2 Å². The maximum Gasteiger partial charge on any atom is 0.472 e. The summed E-state index contributed by atoms with van der Waals surface area (Å²) in [5.74, 6) is -3.26. The maximum absolute atomic E-state index is 12.9. The number of alkyl halides is 3. The average Bonchev–Trinajstić information content (AvgIpc) is 3.17. The largest absolute Gasteiger partial charge is 0.511 e. The molecule has 0 saturated heterocycles. The fourth-order valence-corrected chi connectivity index (χ4v) is 2.69. The zero-order chi connectivity index (χ0) is 23.8. The summed E-state index contributed by atoms with van der Waals surface area (Å²) in [4.78, 5) is 32.2. The lowest BCUT2D eigenvalue weighted by molar-refractivity contribution is -0.132. The van der Waals surface area contributed by atoms with E-state index in [-0.39, 0.29) is 23.6 Å². The van der Waals surface area contributed by atoms with Crippen molar-refractivity contribution in [2.45, 2.75) is 26.6 Å². The van der Waals surface area contributed by atoms with Gasteiger partial charge in [0.15, 0.2) is 0 Å². The van der Waals surface area contributed by atoms with Crippen molar-refractivity contribution in [2.75, 3.05) is 0 Å². The number of aliphatic carboxylic acids is 1. The monoisotopic (exact) mass is 438 g/mol. The van der Waals surface area contributed by atoms with Crippen LogP contribution in [0.2, 0.25) is 0 Å². The predicted octanol–water partition coefficient (Wildman–Crippen LogP) is 4.38. The molecule has 10 heteroatoms. The molecule has 0 aliphatic heterocycles. The summed E-state index contributed by atoms with van der Waals surface area (Å²) in [6.07, 6.45) is -1.42. The smallest absolute Gasteiger partial charge is 0.472 e. The van der Waals surface area contributed by atoms with Gasteiger partial charge >= 0.3 is 18.1 Å². The molecule has 0 bridgehead atoms.